The van der Waals surface area contributed by atoms with Crippen LogP contribution < -0.4 is 10.6 Å². The summed E-state index contributed by atoms with van der Waals surface area (Å²) in [4.78, 5) is 11.3. The molecule has 15 heavy (non-hydrogen) atoms. The van der Waals surface area contributed by atoms with Crippen molar-refractivity contribution in [2.75, 3.05) is 19.6 Å². The maximum absolute atomic E-state index is 11.3. The van der Waals surface area contributed by atoms with Gasteiger partial charge in [-0.2, -0.15) is 0 Å². The van der Waals surface area contributed by atoms with Crippen molar-refractivity contribution in [1.29, 1.82) is 0 Å². The molecule has 1 amide bonds. The van der Waals surface area contributed by atoms with Gasteiger partial charge in [0.05, 0.1) is 6.10 Å². The molecule has 1 aliphatic heterocycles. The maximum Gasteiger partial charge on any atom is 0.220 e. The minimum absolute atomic E-state index is 0.0569. The van der Waals surface area contributed by atoms with E-state index >= 15 is 0 Å². The second-order valence-electron chi connectivity index (χ2n) is 4.40. The van der Waals surface area contributed by atoms with Gasteiger partial charge in [0.25, 0.3) is 0 Å². The predicted octanol–water partition coefficient (Wildman–Crippen LogP) is 0.263. The first-order valence-electron chi connectivity index (χ1n) is 5.84. The van der Waals surface area contributed by atoms with Crippen molar-refractivity contribution in [3.63, 3.8) is 0 Å². The lowest BCUT2D eigenvalue weighted by Crippen LogP contribution is -2.33. The number of nitrogens with one attached hydrogen (secondary N) is 2. The van der Waals surface area contributed by atoms with E-state index in [4.69, 9.17) is 5.11 Å². The number of hydrogen-bond donors (Lipinski definition) is 3. The fourth-order valence-electron chi connectivity index (χ4n) is 1.86. The van der Waals surface area contributed by atoms with Crippen molar-refractivity contribution < 1.29 is 9.90 Å². The molecule has 1 fully saturated rings. The summed E-state index contributed by atoms with van der Waals surface area (Å²) in [5.74, 6) is 0.706. The Morgan fingerprint density at radius 1 is 1.67 bits per heavy atom. The number of rotatable bonds is 5. The van der Waals surface area contributed by atoms with E-state index in [1.165, 1.54) is 12.8 Å². The fraction of sp³-hybridized carbons (Fsp3) is 0.909. The number of aliphatic hydroxyl groups is 1. The first-order chi connectivity index (χ1) is 7.18. The smallest absolute Gasteiger partial charge is 0.220 e. The maximum atomic E-state index is 11.3. The highest BCUT2D eigenvalue weighted by Crippen LogP contribution is 2.15. The molecule has 3 N–H and O–H groups in total. The van der Waals surface area contributed by atoms with Crippen LogP contribution in [0.25, 0.3) is 0 Å². The molecule has 1 unspecified atom stereocenters. The van der Waals surface area contributed by atoms with Gasteiger partial charge in [0.1, 0.15) is 0 Å². The normalized spacial score (nSPS) is 23.5. The Kier molecular flexibility index (Phi) is 5.65. The van der Waals surface area contributed by atoms with E-state index in [0.717, 1.165) is 19.5 Å². The molecule has 0 aromatic rings. The number of aliphatic hydroxyl groups excluding tert-OH is 1. The summed E-state index contributed by atoms with van der Waals surface area (Å²) in [6, 6.07) is 0. The Morgan fingerprint density at radius 3 is 3.07 bits per heavy atom. The van der Waals surface area contributed by atoms with Gasteiger partial charge in [0.2, 0.25) is 5.91 Å². The third-order valence-corrected chi connectivity index (χ3v) is 2.77. The van der Waals surface area contributed by atoms with Crippen molar-refractivity contribution in [1.82, 2.24) is 10.6 Å². The third-order valence-electron chi connectivity index (χ3n) is 2.77. The lowest BCUT2D eigenvalue weighted by molar-refractivity contribution is -0.121. The molecule has 0 radical (unpaired) electrons. The minimum Gasteiger partial charge on any atom is -0.392 e. The largest absolute Gasteiger partial charge is 0.392 e. The number of piperidine rings is 1. The zero-order valence-electron chi connectivity index (χ0n) is 9.46. The van der Waals surface area contributed by atoms with Gasteiger partial charge in [-0.15, -0.1) is 0 Å². The van der Waals surface area contributed by atoms with Crippen molar-refractivity contribution >= 4 is 5.91 Å². The van der Waals surface area contributed by atoms with Crippen LogP contribution in [0.4, 0.5) is 0 Å². The van der Waals surface area contributed by atoms with Crippen LogP contribution in [0.5, 0.6) is 0 Å². The Labute approximate surface area is 91.4 Å². The molecular formula is C11H22N2O2. The van der Waals surface area contributed by atoms with Crippen molar-refractivity contribution in [2.24, 2.45) is 5.92 Å². The zero-order chi connectivity index (χ0) is 11.1. The summed E-state index contributed by atoms with van der Waals surface area (Å²) in [5.41, 5.74) is 0. The lowest BCUT2D eigenvalue weighted by atomic mass is 9.94. The van der Waals surface area contributed by atoms with Gasteiger partial charge in [-0.05, 0) is 45.2 Å². The number of carbonyl (C=O) groups is 1. The van der Waals surface area contributed by atoms with Gasteiger partial charge in [-0.25, -0.2) is 0 Å². The summed E-state index contributed by atoms with van der Waals surface area (Å²) in [6.45, 7) is 4.20. The summed E-state index contributed by atoms with van der Waals surface area (Å²) in [6.07, 6.45) is 3.54. The summed E-state index contributed by atoms with van der Waals surface area (Å²) in [7, 11) is 0. The molecule has 1 aliphatic rings. The number of hydrogen-bond acceptors (Lipinski definition) is 3. The molecule has 4 nitrogen and oxygen atoms in total. The molecule has 0 aliphatic carbocycles. The molecule has 2 atom stereocenters. The molecule has 0 aromatic heterocycles. The molecule has 0 aromatic carbocycles. The van der Waals surface area contributed by atoms with Crippen molar-refractivity contribution in [2.45, 2.75) is 38.7 Å². The molecule has 1 saturated heterocycles. The Bertz CT molecular complexity index is 189. The van der Waals surface area contributed by atoms with E-state index in [0.29, 0.717) is 18.9 Å². The molecule has 0 spiro atoms. The standard InChI is InChI=1S/C11H22N2O2/c1-9(14)7-13-11(15)5-4-10-3-2-6-12-8-10/h9-10,12,14H,2-8H2,1H3,(H,13,15)/t9-,10?/m1/s1. The van der Waals surface area contributed by atoms with E-state index in [9.17, 15) is 4.79 Å². The molecule has 1 rings (SSSR count). The van der Waals surface area contributed by atoms with E-state index in [2.05, 4.69) is 10.6 Å². The topological polar surface area (TPSA) is 61.4 Å². The van der Waals surface area contributed by atoms with Gasteiger partial charge < -0.3 is 15.7 Å². The molecule has 88 valence electrons. The minimum atomic E-state index is -0.453. The first kappa shape index (κ1) is 12.5. The van der Waals surface area contributed by atoms with Crippen LogP contribution in [0.1, 0.15) is 32.6 Å². The first-order valence-corrected chi connectivity index (χ1v) is 5.84. The molecule has 1 heterocycles. The summed E-state index contributed by atoms with van der Waals surface area (Å²) >= 11 is 0. The second kappa shape index (κ2) is 6.80. The number of amides is 1. The Morgan fingerprint density at radius 2 is 2.47 bits per heavy atom. The average Bonchev–Trinajstić information content (AvgIpc) is 2.25. The van der Waals surface area contributed by atoms with E-state index in [1.807, 2.05) is 0 Å². The van der Waals surface area contributed by atoms with E-state index in [1.54, 1.807) is 6.92 Å². The van der Waals surface area contributed by atoms with Crippen LogP contribution >= 0.6 is 0 Å². The molecule has 0 saturated carbocycles. The highest BCUT2D eigenvalue weighted by molar-refractivity contribution is 5.75. The summed E-state index contributed by atoms with van der Waals surface area (Å²) < 4.78 is 0. The highest BCUT2D eigenvalue weighted by atomic mass is 16.3. The molecule has 4 heteroatoms. The quantitative estimate of drug-likeness (QED) is 0.615. The van der Waals surface area contributed by atoms with Gasteiger partial charge in [0, 0.05) is 13.0 Å². The van der Waals surface area contributed by atoms with Gasteiger partial charge in [-0.1, -0.05) is 0 Å². The number of carbonyl (C=O) groups excluding carboxylic acids is 1. The molecule has 0 bridgehead atoms. The predicted molar refractivity (Wildman–Crippen MR) is 59.5 cm³/mol. The van der Waals surface area contributed by atoms with Crippen molar-refractivity contribution in [3.8, 4) is 0 Å². The lowest BCUT2D eigenvalue weighted by Gasteiger charge is -2.22. The van der Waals surface area contributed by atoms with Crippen LogP contribution in [0.3, 0.4) is 0 Å². The van der Waals surface area contributed by atoms with Crippen LogP contribution in [-0.2, 0) is 4.79 Å². The van der Waals surface area contributed by atoms with Crippen LogP contribution in [0, 0.1) is 5.92 Å². The van der Waals surface area contributed by atoms with Crippen molar-refractivity contribution in [3.05, 3.63) is 0 Å². The van der Waals surface area contributed by atoms with Crippen LogP contribution in [0.15, 0.2) is 0 Å². The van der Waals surface area contributed by atoms with E-state index in [-0.39, 0.29) is 5.91 Å². The van der Waals surface area contributed by atoms with E-state index < -0.39 is 6.10 Å². The zero-order valence-corrected chi connectivity index (χ0v) is 9.46. The SMILES string of the molecule is C[C@@H](O)CNC(=O)CCC1CCCNC1. The fourth-order valence-corrected chi connectivity index (χ4v) is 1.86. The summed E-state index contributed by atoms with van der Waals surface area (Å²) in [5, 5.41) is 15.0. The highest BCUT2D eigenvalue weighted by Gasteiger charge is 2.14. The Hall–Kier alpha value is -0.610. The second-order valence-corrected chi connectivity index (χ2v) is 4.40. The third kappa shape index (κ3) is 5.74. The van der Waals surface area contributed by atoms with Gasteiger partial charge >= 0.3 is 0 Å². The average molecular weight is 214 g/mol. The van der Waals surface area contributed by atoms with Gasteiger partial charge in [-0.3, -0.25) is 4.79 Å². The van der Waals surface area contributed by atoms with Gasteiger partial charge in [0.15, 0.2) is 0 Å². The Balaban J connectivity index is 2.05. The van der Waals surface area contributed by atoms with Crippen LogP contribution in [-0.4, -0.2) is 36.8 Å². The monoisotopic (exact) mass is 214 g/mol. The van der Waals surface area contributed by atoms with Crippen LogP contribution in [0.2, 0.25) is 0 Å². The molecular weight excluding hydrogens is 192 g/mol.